The Kier molecular flexibility index (Phi) is 5.47. The highest BCUT2D eigenvalue weighted by atomic mass is 19.3. The van der Waals surface area contributed by atoms with Crippen molar-refractivity contribution >= 4 is 17.5 Å². The lowest BCUT2D eigenvalue weighted by atomic mass is 10.1. The Morgan fingerprint density at radius 2 is 2.07 bits per heavy atom. The summed E-state index contributed by atoms with van der Waals surface area (Å²) in [6.07, 6.45) is 5.97. The maximum atomic E-state index is 13.2. The monoisotopic (exact) mass is 418 g/mol. The van der Waals surface area contributed by atoms with Gasteiger partial charge in [0.2, 0.25) is 5.91 Å². The summed E-state index contributed by atoms with van der Waals surface area (Å²) in [7, 11) is 1.34. The molecule has 0 N–H and O–H groups in total. The normalized spacial score (nSPS) is 16.7. The van der Waals surface area contributed by atoms with E-state index >= 15 is 0 Å². The van der Waals surface area contributed by atoms with Gasteiger partial charge in [-0.25, -0.2) is 4.98 Å². The van der Waals surface area contributed by atoms with E-state index in [1.165, 1.54) is 36.7 Å². The Bertz CT molecular complexity index is 953. The summed E-state index contributed by atoms with van der Waals surface area (Å²) in [4.78, 5) is 36.9. The van der Waals surface area contributed by atoms with Crippen LogP contribution in [0.4, 0.5) is 14.5 Å². The van der Waals surface area contributed by atoms with E-state index in [1.807, 2.05) is 0 Å². The van der Waals surface area contributed by atoms with Crippen LogP contribution in [0.2, 0.25) is 0 Å². The zero-order valence-corrected chi connectivity index (χ0v) is 16.3. The summed E-state index contributed by atoms with van der Waals surface area (Å²) in [5, 5.41) is 0. The third-order valence-electron chi connectivity index (χ3n) is 5.13. The average molecular weight is 418 g/mol. The van der Waals surface area contributed by atoms with Crippen LogP contribution in [0.1, 0.15) is 35.3 Å². The second-order valence-corrected chi connectivity index (χ2v) is 7.02. The number of aromatic nitrogens is 2. The van der Waals surface area contributed by atoms with Crippen molar-refractivity contribution < 1.29 is 27.8 Å². The molecular weight excluding hydrogens is 398 g/mol. The molecule has 1 aromatic carbocycles. The molecule has 4 rings (SSSR count). The molecule has 0 unspecified atom stereocenters. The van der Waals surface area contributed by atoms with E-state index in [9.17, 15) is 18.4 Å². The molecule has 2 heterocycles. The van der Waals surface area contributed by atoms with Gasteiger partial charge < -0.3 is 19.3 Å². The molecule has 0 bridgehead atoms. The number of halogens is 2. The molecule has 0 radical (unpaired) electrons. The van der Waals surface area contributed by atoms with Crippen LogP contribution in [0.5, 0.6) is 11.5 Å². The van der Waals surface area contributed by atoms with E-state index in [-0.39, 0.29) is 48.7 Å². The number of fused-ring (bicyclic) bond motifs is 1. The molecule has 0 spiro atoms. The SMILES string of the molecule is COc1ccc2c(c1OC(F)F)CN(C1CC1)C(=O)CCN2C(=O)c1cnccn1. The van der Waals surface area contributed by atoms with E-state index in [2.05, 4.69) is 9.97 Å². The number of hydrogen-bond acceptors (Lipinski definition) is 6. The number of nitrogens with zero attached hydrogens (tertiary/aromatic N) is 4. The van der Waals surface area contributed by atoms with E-state index in [4.69, 9.17) is 9.47 Å². The highest BCUT2D eigenvalue weighted by Gasteiger charge is 2.37. The van der Waals surface area contributed by atoms with Crippen LogP contribution >= 0.6 is 0 Å². The molecular formula is C20H20F2N4O4. The summed E-state index contributed by atoms with van der Waals surface area (Å²) in [6.45, 7) is -2.97. The summed E-state index contributed by atoms with van der Waals surface area (Å²) in [6, 6.07) is 3.15. The Labute approximate surface area is 171 Å². The molecule has 2 amide bonds. The lowest BCUT2D eigenvalue weighted by Gasteiger charge is -2.33. The first-order chi connectivity index (χ1) is 14.5. The van der Waals surface area contributed by atoms with E-state index in [0.29, 0.717) is 11.3 Å². The molecule has 1 aromatic heterocycles. The summed E-state index contributed by atoms with van der Waals surface area (Å²) >= 11 is 0. The van der Waals surface area contributed by atoms with Crippen molar-refractivity contribution in [3.63, 3.8) is 0 Å². The van der Waals surface area contributed by atoms with Crippen LogP contribution < -0.4 is 14.4 Å². The second kappa shape index (κ2) is 8.21. The quantitative estimate of drug-likeness (QED) is 0.742. The van der Waals surface area contributed by atoms with Crippen LogP contribution in [0, 0.1) is 0 Å². The topological polar surface area (TPSA) is 84.9 Å². The first-order valence-corrected chi connectivity index (χ1v) is 9.51. The van der Waals surface area contributed by atoms with Crippen LogP contribution in [-0.2, 0) is 11.3 Å². The van der Waals surface area contributed by atoms with Crippen molar-refractivity contribution in [3.8, 4) is 11.5 Å². The van der Waals surface area contributed by atoms with Crippen molar-refractivity contribution in [2.24, 2.45) is 0 Å². The van der Waals surface area contributed by atoms with Crippen molar-refractivity contribution in [1.82, 2.24) is 14.9 Å². The minimum atomic E-state index is -3.09. The smallest absolute Gasteiger partial charge is 0.387 e. The predicted octanol–water partition coefficient (Wildman–Crippen LogP) is 2.63. The Morgan fingerprint density at radius 1 is 1.27 bits per heavy atom. The molecule has 0 atom stereocenters. The molecule has 2 aliphatic rings. The van der Waals surface area contributed by atoms with Gasteiger partial charge >= 0.3 is 6.61 Å². The molecule has 2 aromatic rings. The predicted molar refractivity (Wildman–Crippen MR) is 102 cm³/mol. The number of benzene rings is 1. The van der Waals surface area contributed by atoms with Gasteiger partial charge in [0, 0.05) is 37.0 Å². The van der Waals surface area contributed by atoms with Crippen molar-refractivity contribution in [3.05, 3.63) is 42.0 Å². The van der Waals surface area contributed by atoms with E-state index in [0.717, 1.165) is 12.8 Å². The van der Waals surface area contributed by atoms with Gasteiger partial charge in [-0.15, -0.1) is 0 Å². The molecule has 10 heteroatoms. The van der Waals surface area contributed by atoms with Crippen molar-refractivity contribution in [2.75, 3.05) is 18.6 Å². The number of methoxy groups -OCH3 is 1. The Balaban J connectivity index is 1.84. The van der Waals surface area contributed by atoms with Crippen LogP contribution in [0.3, 0.4) is 0 Å². The first kappa shape index (κ1) is 20.0. The molecule has 30 heavy (non-hydrogen) atoms. The van der Waals surface area contributed by atoms with Gasteiger partial charge in [0.25, 0.3) is 5.91 Å². The Hall–Kier alpha value is -3.30. The largest absolute Gasteiger partial charge is 0.493 e. The third kappa shape index (κ3) is 3.89. The molecule has 1 fully saturated rings. The fourth-order valence-electron chi connectivity index (χ4n) is 3.59. The summed E-state index contributed by atoms with van der Waals surface area (Å²) in [5.74, 6) is -0.705. The highest BCUT2D eigenvalue weighted by Crippen LogP contribution is 2.42. The van der Waals surface area contributed by atoms with Crippen molar-refractivity contribution in [2.45, 2.75) is 38.5 Å². The average Bonchev–Trinajstić information content (AvgIpc) is 3.57. The van der Waals surface area contributed by atoms with E-state index in [1.54, 1.807) is 11.0 Å². The van der Waals surface area contributed by atoms with Crippen LogP contribution in [0.15, 0.2) is 30.7 Å². The number of amides is 2. The summed E-state index contributed by atoms with van der Waals surface area (Å²) in [5.41, 5.74) is 0.759. The Morgan fingerprint density at radius 3 is 2.70 bits per heavy atom. The number of carbonyl (C=O) groups is 2. The zero-order valence-electron chi connectivity index (χ0n) is 16.3. The lowest BCUT2D eigenvalue weighted by molar-refractivity contribution is -0.132. The van der Waals surface area contributed by atoms with Crippen molar-refractivity contribution in [1.29, 1.82) is 0 Å². The van der Waals surface area contributed by atoms with Gasteiger partial charge in [-0.3, -0.25) is 14.6 Å². The van der Waals surface area contributed by atoms with Gasteiger partial charge in [0.1, 0.15) is 5.69 Å². The number of rotatable bonds is 5. The number of carbonyl (C=O) groups excluding carboxylic acids is 2. The molecule has 158 valence electrons. The second-order valence-electron chi connectivity index (χ2n) is 7.02. The lowest BCUT2D eigenvalue weighted by Crippen LogP contribution is -2.42. The van der Waals surface area contributed by atoms with E-state index < -0.39 is 12.5 Å². The van der Waals surface area contributed by atoms with Gasteiger partial charge in [0.15, 0.2) is 11.5 Å². The molecule has 1 aliphatic heterocycles. The summed E-state index contributed by atoms with van der Waals surface area (Å²) < 4.78 is 36.4. The molecule has 1 saturated carbocycles. The molecule has 1 aliphatic carbocycles. The molecule has 0 saturated heterocycles. The zero-order chi connectivity index (χ0) is 21.3. The van der Waals surface area contributed by atoms with Crippen LogP contribution in [0.25, 0.3) is 0 Å². The van der Waals surface area contributed by atoms with Gasteiger partial charge in [-0.05, 0) is 25.0 Å². The van der Waals surface area contributed by atoms with Crippen LogP contribution in [-0.4, -0.2) is 53.0 Å². The third-order valence-corrected chi connectivity index (χ3v) is 5.13. The maximum Gasteiger partial charge on any atom is 0.387 e. The minimum absolute atomic E-state index is 0.0440. The number of alkyl halides is 2. The fourth-order valence-corrected chi connectivity index (χ4v) is 3.59. The fraction of sp³-hybridized carbons (Fsp3) is 0.400. The number of hydrogen-bond donors (Lipinski definition) is 0. The molecule has 8 nitrogen and oxygen atoms in total. The van der Waals surface area contributed by atoms with Gasteiger partial charge in [-0.2, -0.15) is 8.78 Å². The number of ether oxygens (including phenoxy) is 2. The van der Waals surface area contributed by atoms with Gasteiger partial charge in [-0.1, -0.05) is 0 Å². The first-order valence-electron chi connectivity index (χ1n) is 9.51. The highest BCUT2D eigenvalue weighted by molar-refractivity contribution is 6.06. The number of anilines is 1. The van der Waals surface area contributed by atoms with Gasteiger partial charge in [0.05, 0.1) is 25.5 Å². The maximum absolute atomic E-state index is 13.2. The standard InChI is InChI=1S/C20H20F2N4O4/c1-29-16-5-4-15-13(18(16)30-20(21)22)11-26(12-2-3-12)17(27)6-9-25(15)19(28)14-10-23-7-8-24-14/h4-5,7-8,10,12,20H,2-3,6,9,11H2,1H3. The minimum Gasteiger partial charge on any atom is -0.493 e.